The first-order chi connectivity index (χ1) is 5.54. The first kappa shape index (κ1) is 9.38. The van der Waals surface area contributed by atoms with Gasteiger partial charge in [0.1, 0.15) is 5.69 Å². The standard InChI is InChI=1S/C7H7BrF2N2/c1-3-4(11)2-12-6(5(3)8)7(9)10/h2,7H,11H2,1H3. The Kier molecular flexibility index (Phi) is 2.62. The van der Waals surface area contributed by atoms with Crippen molar-refractivity contribution in [2.75, 3.05) is 5.73 Å². The van der Waals surface area contributed by atoms with Crippen LogP contribution in [0, 0.1) is 6.92 Å². The number of anilines is 1. The topological polar surface area (TPSA) is 38.9 Å². The summed E-state index contributed by atoms with van der Waals surface area (Å²) in [6.07, 6.45) is -1.33. The van der Waals surface area contributed by atoms with E-state index >= 15 is 0 Å². The van der Waals surface area contributed by atoms with Crippen molar-refractivity contribution >= 4 is 21.6 Å². The highest BCUT2D eigenvalue weighted by molar-refractivity contribution is 9.10. The minimum Gasteiger partial charge on any atom is -0.397 e. The molecule has 0 saturated heterocycles. The van der Waals surface area contributed by atoms with Gasteiger partial charge in [0.05, 0.1) is 11.9 Å². The van der Waals surface area contributed by atoms with Crippen molar-refractivity contribution in [1.29, 1.82) is 0 Å². The average molecular weight is 237 g/mol. The van der Waals surface area contributed by atoms with Gasteiger partial charge in [-0.3, -0.25) is 4.98 Å². The highest BCUT2D eigenvalue weighted by Crippen LogP contribution is 2.30. The Labute approximate surface area is 76.9 Å². The zero-order valence-corrected chi connectivity index (χ0v) is 7.90. The van der Waals surface area contributed by atoms with E-state index in [0.29, 0.717) is 11.3 Å². The Hall–Kier alpha value is -0.710. The van der Waals surface area contributed by atoms with Gasteiger partial charge >= 0.3 is 0 Å². The van der Waals surface area contributed by atoms with E-state index < -0.39 is 6.43 Å². The highest BCUT2D eigenvalue weighted by Gasteiger charge is 2.15. The number of nitrogen functional groups attached to an aromatic ring is 1. The Morgan fingerprint density at radius 2 is 2.17 bits per heavy atom. The molecule has 1 aromatic heterocycles. The molecule has 66 valence electrons. The predicted molar refractivity (Wildman–Crippen MR) is 46.0 cm³/mol. The van der Waals surface area contributed by atoms with Crippen LogP contribution in [0.2, 0.25) is 0 Å². The molecule has 0 amide bonds. The molecule has 1 aromatic rings. The molecule has 0 aromatic carbocycles. The number of nitrogens with zero attached hydrogens (tertiary/aromatic N) is 1. The van der Waals surface area contributed by atoms with E-state index in [-0.39, 0.29) is 10.2 Å². The first-order valence-corrected chi connectivity index (χ1v) is 4.02. The summed E-state index contributed by atoms with van der Waals surface area (Å²) in [7, 11) is 0. The summed E-state index contributed by atoms with van der Waals surface area (Å²) in [6, 6.07) is 0. The molecular weight excluding hydrogens is 230 g/mol. The lowest BCUT2D eigenvalue weighted by atomic mass is 10.2. The minimum absolute atomic E-state index is 0.262. The number of pyridine rings is 1. The maximum atomic E-state index is 12.2. The minimum atomic E-state index is -2.57. The van der Waals surface area contributed by atoms with E-state index in [0.717, 1.165) is 0 Å². The van der Waals surface area contributed by atoms with Crippen LogP contribution in [-0.4, -0.2) is 4.98 Å². The van der Waals surface area contributed by atoms with E-state index in [1.807, 2.05) is 0 Å². The molecule has 0 aliphatic heterocycles. The molecule has 0 bridgehead atoms. The van der Waals surface area contributed by atoms with Crippen LogP contribution in [-0.2, 0) is 0 Å². The summed E-state index contributed by atoms with van der Waals surface area (Å²) >= 11 is 3.01. The van der Waals surface area contributed by atoms with Gasteiger partial charge in [0.25, 0.3) is 6.43 Å². The monoisotopic (exact) mass is 236 g/mol. The molecule has 0 fully saturated rings. The zero-order chi connectivity index (χ0) is 9.30. The predicted octanol–water partition coefficient (Wildman–Crippen LogP) is 2.67. The van der Waals surface area contributed by atoms with Crippen molar-refractivity contribution in [2.45, 2.75) is 13.3 Å². The van der Waals surface area contributed by atoms with Crippen molar-refractivity contribution in [2.24, 2.45) is 0 Å². The van der Waals surface area contributed by atoms with Crippen molar-refractivity contribution in [3.63, 3.8) is 0 Å². The number of rotatable bonds is 1. The quantitative estimate of drug-likeness (QED) is 0.815. The van der Waals surface area contributed by atoms with E-state index in [4.69, 9.17) is 5.73 Å². The Morgan fingerprint density at radius 3 is 2.67 bits per heavy atom. The summed E-state index contributed by atoms with van der Waals surface area (Å²) in [5.74, 6) is 0. The number of alkyl halides is 2. The molecule has 0 radical (unpaired) electrons. The third kappa shape index (κ3) is 1.55. The second-order valence-electron chi connectivity index (χ2n) is 2.34. The van der Waals surface area contributed by atoms with Crippen molar-refractivity contribution in [3.8, 4) is 0 Å². The van der Waals surface area contributed by atoms with Crippen LogP contribution >= 0.6 is 15.9 Å². The SMILES string of the molecule is Cc1c(N)cnc(C(F)F)c1Br. The molecule has 0 saturated carbocycles. The van der Waals surface area contributed by atoms with E-state index in [9.17, 15) is 8.78 Å². The maximum absolute atomic E-state index is 12.2. The lowest BCUT2D eigenvalue weighted by Crippen LogP contribution is -1.98. The van der Waals surface area contributed by atoms with Gasteiger partial charge in [-0.15, -0.1) is 0 Å². The van der Waals surface area contributed by atoms with Gasteiger partial charge in [0, 0.05) is 4.47 Å². The zero-order valence-electron chi connectivity index (χ0n) is 6.31. The normalized spacial score (nSPS) is 10.8. The van der Waals surface area contributed by atoms with Crippen LogP contribution in [0.3, 0.4) is 0 Å². The Morgan fingerprint density at radius 1 is 1.58 bits per heavy atom. The van der Waals surface area contributed by atoms with Gasteiger partial charge in [-0.05, 0) is 28.4 Å². The Bertz CT molecular complexity index is 302. The molecule has 1 heterocycles. The number of hydrogen-bond acceptors (Lipinski definition) is 2. The third-order valence-electron chi connectivity index (χ3n) is 1.54. The number of nitrogens with two attached hydrogens (primary N) is 1. The number of halogens is 3. The summed E-state index contributed by atoms with van der Waals surface area (Å²) < 4.78 is 24.7. The molecule has 0 spiro atoms. The van der Waals surface area contributed by atoms with Crippen LogP contribution in [0.15, 0.2) is 10.7 Å². The summed E-state index contributed by atoms with van der Waals surface area (Å²) in [5.41, 5.74) is 6.20. The van der Waals surface area contributed by atoms with E-state index in [1.165, 1.54) is 6.20 Å². The van der Waals surface area contributed by atoms with Crippen LogP contribution in [0.5, 0.6) is 0 Å². The summed E-state index contributed by atoms with van der Waals surface area (Å²) in [4.78, 5) is 3.52. The molecular formula is C7H7BrF2N2. The molecule has 5 heteroatoms. The van der Waals surface area contributed by atoms with Crippen molar-refractivity contribution < 1.29 is 8.78 Å². The van der Waals surface area contributed by atoms with Gasteiger partial charge in [-0.25, -0.2) is 8.78 Å². The largest absolute Gasteiger partial charge is 0.397 e. The van der Waals surface area contributed by atoms with Gasteiger partial charge < -0.3 is 5.73 Å². The summed E-state index contributed by atoms with van der Waals surface area (Å²) in [6.45, 7) is 1.66. The van der Waals surface area contributed by atoms with Crippen LogP contribution in [0.25, 0.3) is 0 Å². The smallest absolute Gasteiger partial charge is 0.281 e. The van der Waals surface area contributed by atoms with Crippen molar-refractivity contribution in [3.05, 3.63) is 21.9 Å². The molecule has 0 aliphatic carbocycles. The first-order valence-electron chi connectivity index (χ1n) is 3.22. The molecule has 2 nitrogen and oxygen atoms in total. The lowest BCUT2D eigenvalue weighted by molar-refractivity contribution is 0.145. The van der Waals surface area contributed by atoms with Gasteiger partial charge in [-0.2, -0.15) is 0 Å². The second kappa shape index (κ2) is 3.35. The molecule has 1 rings (SSSR count). The summed E-state index contributed by atoms with van der Waals surface area (Å²) in [5, 5.41) is 0. The number of hydrogen-bond donors (Lipinski definition) is 1. The molecule has 2 N–H and O–H groups in total. The second-order valence-corrected chi connectivity index (χ2v) is 3.13. The fraction of sp³-hybridized carbons (Fsp3) is 0.286. The van der Waals surface area contributed by atoms with Crippen LogP contribution in [0.1, 0.15) is 17.7 Å². The van der Waals surface area contributed by atoms with E-state index in [1.54, 1.807) is 6.92 Å². The molecule has 0 aliphatic rings. The lowest BCUT2D eigenvalue weighted by Gasteiger charge is -2.06. The third-order valence-corrected chi connectivity index (χ3v) is 2.54. The van der Waals surface area contributed by atoms with Crippen LogP contribution in [0.4, 0.5) is 14.5 Å². The fourth-order valence-corrected chi connectivity index (χ4v) is 1.27. The van der Waals surface area contributed by atoms with Crippen LogP contribution < -0.4 is 5.73 Å². The van der Waals surface area contributed by atoms with Gasteiger partial charge in [0.2, 0.25) is 0 Å². The Balaban J connectivity index is 3.27. The van der Waals surface area contributed by atoms with Gasteiger partial charge in [-0.1, -0.05) is 0 Å². The van der Waals surface area contributed by atoms with Gasteiger partial charge in [0.15, 0.2) is 0 Å². The number of aromatic nitrogens is 1. The fourth-order valence-electron chi connectivity index (χ4n) is 0.764. The van der Waals surface area contributed by atoms with Crippen molar-refractivity contribution in [1.82, 2.24) is 4.98 Å². The average Bonchev–Trinajstić information content (AvgIpc) is 2.00. The van der Waals surface area contributed by atoms with E-state index in [2.05, 4.69) is 20.9 Å². The maximum Gasteiger partial charge on any atom is 0.281 e. The molecule has 12 heavy (non-hydrogen) atoms. The highest BCUT2D eigenvalue weighted by atomic mass is 79.9. The molecule has 0 unspecified atom stereocenters. The molecule has 0 atom stereocenters.